The fourth-order valence-corrected chi connectivity index (χ4v) is 4.37. The lowest BCUT2D eigenvalue weighted by molar-refractivity contribution is -0.137. The summed E-state index contributed by atoms with van der Waals surface area (Å²) in [7, 11) is 1.64. The average molecular weight is 323 g/mol. The van der Waals surface area contributed by atoms with Gasteiger partial charge in [0.05, 0.1) is 18.6 Å². The van der Waals surface area contributed by atoms with Gasteiger partial charge in [-0.3, -0.25) is 4.79 Å². The Labute approximate surface area is 136 Å². The third kappa shape index (κ3) is 2.71. The number of aliphatic carboxylic acids is 1. The first-order valence-electron chi connectivity index (χ1n) is 8.14. The third-order valence-corrected chi connectivity index (χ3v) is 5.59. The summed E-state index contributed by atoms with van der Waals surface area (Å²) < 4.78 is 5.64. The van der Waals surface area contributed by atoms with Gasteiger partial charge in [-0.1, -0.05) is 11.6 Å². The summed E-state index contributed by atoms with van der Waals surface area (Å²) >= 11 is 6.64. The average Bonchev–Trinajstić information content (AvgIpc) is 3.33. The molecule has 0 saturated heterocycles. The van der Waals surface area contributed by atoms with Gasteiger partial charge in [0.2, 0.25) is 0 Å². The van der Waals surface area contributed by atoms with E-state index in [2.05, 4.69) is 6.92 Å². The van der Waals surface area contributed by atoms with Gasteiger partial charge in [-0.05, 0) is 68.1 Å². The number of ether oxygens (including phenoxy) is 1. The molecule has 0 amide bonds. The second-order valence-electron chi connectivity index (χ2n) is 6.59. The Bertz CT molecular complexity index is 605. The second-order valence-corrected chi connectivity index (χ2v) is 6.97. The molecule has 0 aliphatic heterocycles. The Morgan fingerprint density at radius 1 is 1.32 bits per heavy atom. The maximum Gasteiger partial charge on any atom is 0.303 e. The van der Waals surface area contributed by atoms with Crippen LogP contribution in [0.5, 0.6) is 5.75 Å². The highest BCUT2D eigenvalue weighted by molar-refractivity contribution is 6.33. The minimum atomic E-state index is -0.743. The van der Waals surface area contributed by atoms with Crippen LogP contribution in [0, 0.1) is 12.8 Å². The summed E-state index contributed by atoms with van der Waals surface area (Å²) in [5, 5.41) is 10.0. The van der Waals surface area contributed by atoms with E-state index in [0.29, 0.717) is 10.9 Å². The van der Waals surface area contributed by atoms with Crippen LogP contribution in [0.25, 0.3) is 0 Å². The summed E-state index contributed by atoms with van der Waals surface area (Å²) in [5.41, 5.74) is 4.83. The van der Waals surface area contributed by atoms with Crippen molar-refractivity contribution < 1.29 is 14.6 Å². The molecule has 3 nitrogen and oxygen atoms in total. The number of rotatable bonds is 5. The molecule has 0 spiro atoms. The predicted octanol–water partition coefficient (Wildman–Crippen LogP) is 4.50. The van der Waals surface area contributed by atoms with Gasteiger partial charge in [0, 0.05) is 11.5 Å². The van der Waals surface area contributed by atoms with Crippen molar-refractivity contribution in [3.8, 4) is 5.75 Å². The van der Waals surface area contributed by atoms with Crippen molar-refractivity contribution in [3.63, 3.8) is 0 Å². The van der Waals surface area contributed by atoms with Gasteiger partial charge in [0.15, 0.2) is 0 Å². The minimum absolute atomic E-state index is 0.0252. The molecule has 0 bridgehead atoms. The molecule has 120 valence electrons. The minimum Gasteiger partial charge on any atom is -0.495 e. The summed E-state index contributed by atoms with van der Waals surface area (Å²) in [6, 6.07) is 0. The number of hydrogen-bond donors (Lipinski definition) is 1. The lowest BCUT2D eigenvalue weighted by atomic mass is 9.80. The van der Waals surface area contributed by atoms with Crippen LogP contribution in [0.4, 0.5) is 0 Å². The van der Waals surface area contributed by atoms with Gasteiger partial charge in [0.25, 0.3) is 0 Å². The van der Waals surface area contributed by atoms with Crippen molar-refractivity contribution >= 4 is 17.6 Å². The monoisotopic (exact) mass is 322 g/mol. The van der Waals surface area contributed by atoms with E-state index in [9.17, 15) is 9.90 Å². The molecule has 0 aromatic heterocycles. The van der Waals surface area contributed by atoms with Crippen LogP contribution in [0.3, 0.4) is 0 Å². The zero-order chi connectivity index (χ0) is 15.9. The van der Waals surface area contributed by atoms with Crippen molar-refractivity contribution in [3.05, 3.63) is 27.3 Å². The van der Waals surface area contributed by atoms with Crippen LogP contribution in [0.2, 0.25) is 5.02 Å². The van der Waals surface area contributed by atoms with E-state index in [1.165, 1.54) is 23.1 Å². The van der Waals surface area contributed by atoms with Crippen LogP contribution < -0.4 is 4.74 Å². The SMILES string of the molecule is COc1c(Cl)c2c(c(C)c1C(CC(=O)O)C1CC1)CCCC2. The third-order valence-electron chi connectivity index (χ3n) is 5.19. The molecule has 3 rings (SSSR count). The lowest BCUT2D eigenvalue weighted by Gasteiger charge is -2.28. The zero-order valence-electron chi connectivity index (χ0n) is 13.2. The molecule has 0 heterocycles. The van der Waals surface area contributed by atoms with Crippen LogP contribution in [-0.2, 0) is 17.6 Å². The predicted molar refractivity (Wildman–Crippen MR) is 87.1 cm³/mol. The van der Waals surface area contributed by atoms with Crippen molar-refractivity contribution in [2.45, 2.75) is 57.8 Å². The molecular weight excluding hydrogens is 300 g/mol. The summed E-state index contributed by atoms with van der Waals surface area (Å²) in [6.45, 7) is 2.12. The van der Waals surface area contributed by atoms with Crippen LogP contribution in [0.15, 0.2) is 0 Å². The van der Waals surface area contributed by atoms with Gasteiger partial charge in [-0.25, -0.2) is 0 Å². The van der Waals surface area contributed by atoms with E-state index in [1.807, 2.05) is 0 Å². The Morgan fingerprint density at radius 3 is 2.50 bits per heavy atom. The molecule has 1 saturated carbocycles. The molecular formula is C18H23ClO3. The van der Waals surface area contributed by atoms with E-state index in [1.54, 1.807) is 7.11 Å². The number of carboxylic acid groups (broad SMARTS) is 1. The first kappa shape index (κ1) is 15.7. The van der Waals surface area contributed by atoms with Crippen molar-refractivity contribution in [1.82, 2.24) is 0 Å². The van der Waals surface area contributed by atoms with Crippen LogP contribution in [-0.4, -0.2) is 18.2 Å². The van der Waals surface area contributed by atoms with Gasteiger partial charge in [-0.2, -0.15) is 0 Å². The topological polar surface area (TPSA) is 46.5 Å². The number of hydrogen-bond acceptors (Lipinski definition) is 2. The Balaban J connectivity index is 2.16. The largest absolute Gasteiger partial charge is 0.495 e. The van der Waals surface area contributed by atoms with E-state index < -0.39 is 5.97 Å². The molecule has 22 heavy (non-hydrogen) atoms. The highest BCUT2D eigenvalue weighted by atomic mass is 35.5. The molecule has 1 N–H and O–H groups in total. The normalized spacial score (nSPS) is 18.7. The summed E-state index contributed by atoms with van der Waals surface area (Å²) in [4.78, 5) is 11.3. The molecule has 1 fully saturated rings. The number of benzene rings is 1. The Morgan fingerprint density at radius 2 is 1.95 bits per heavy atom. The highest BCUT2D eigenvalue weighted by Crippen LogP contribution is 2.51. The van der Waals surface area contributed by atoms with Crippen molar-refractivity contribution in [1.29, 1.82) is 0 Å². The van der Waals surface area contributed by atoms with E-state index in [0.717, 1.165) is 43.4 Å². The molecule has 1 aromatic rings. The van der Waals surface area contributed by atoms with Crippen LogP contribution in [0.1, 0.15) is 60.3 Å². The second kappa shape index (κ2) is 6.11. The molecule has 0 radical (unpaired) electrons. The maximum absolute atomic E-state index is 11.3. The lowest BCUT2D eigenvalue weighted by Crippen LogP contribution is -2.16. The highest BCUT2D eigenvalue weighted by Gasteiger charge is 2.38. The van der Waals surface area contributed by atoms with Crippen LogP contribution >= 0.6 is 11.6 Å². The molecule has 4 heteroatoms. The van der Waals surface area contributed by atoms with Crippen molar-refractivity contribution in [2.24, 2.45) is 5.92 Å². The Hall–Kier alpha value is -1.22. The molecule has 2 aliphatic carbocycles. The number of carbonyl (C=O) groups is 1. The number of halogens is 1. The van der Waals surface area contributed by atoms with Gasteiger partial charge in [-0.15, -0.1) is 0 Å². The van der Waals surface area contributed by atoms with E-state index >= 15 is 0 Å². The number of fused-ring (bicyclic) bond motifs is 1. The fraction of sp³-hybridized carbons (Fsp3) is 0.611. The van der Waals surface area contributed by atoms with Gasteiger partial charge in [0.1, 0.15) is 5.75 Å². The molecule has 1 unspecified atom stereocenters. The number of methoxy groups -OCH3 is 1. The first-order valence-corrected chi connectivity index (χ1v) is 8.51. The van der Waals surface area contributed by atoms with E-state index in [4.69, 9.17) is 16.3 Å². The quantitative estimate of drug-likeness (QED) is 0.868. The molecule has 1 atom stereocenters. The molecule has 2 aliphatic rings. The summed E-state index contributed by atoms with van der Waals surface area (Å²) in [5.74, 6) is 0.462. The fourth-order valence-electron chi connectivity index (χ4n) is 3.99. The van der Waals surface area contributed by atoms with Gasteiger partial charge >= 0.3 is 5.97 Å². The van der Waals surface area contributed by atoms with E-state index in [-0.39, 0.29) is 12.3 Å². The van der Waals surface area contributed by atoms with Crippen molar-refractivity contribution in [2.75, 3.05) is 7.11 Å². The number of carboxylic acids is 1. The smallest absolute Gasteiger partial charge is 0.303 e. The summed E-state index contributed by atoms with van der Waals surface area (Å²) in [6.07, 6.45) is 6.77. The Kier molecular flexibility index (Phi) is 4.35. The van der Waals surface area contributed by atoms with Gasteiger partial charge < -0.3 is 9.84 Å². The standard InChI is InChI=1S/C18H23ClO3/c1-10-12-5-3-4-6-13(12)17(19)18(22-2)16(10)14(9-15(20)21)11-7-8-11/h11,14H,3-9H2,1-2H3,(H,20,21). The maximum atomic E-state index is 11.3. The first-order chi connectivity index (χ1) is 10.5. The zero-order valence-corrected chi connectivity index (χ0v) is 14.0. The molecule has 1 aromatic carbocycles.